The van der Waals surface area contributed by atoms with Crippen molar-refractivity contribution < 1.29 is 0 Å². The van der Waals surface area contributed by atoms with Crippen LogP contribution in [0, 0.1) is 0 Å². The summed E-state index contributed by atoms with van der Waals surface area (Å²) in [5.41, 5.74) is 14.5. The van der Waals surface area contributed by atoms with E-state index in [-0.39, 0.29) is 0 Å². The van der Waals surface area contributed by atoms with Gasteiger partial charge in [-0.25, -0.2) is 9.97 Å². The van der Waals surface area contributed by atoms with E-state index in [9.17, 15) is 0 Å². The van der Waals surface area contributed by atoms with Crippen molar-refractivity contribution in [1.29, 1.82) is 0 Å². The third kappa shape index (κ3) is 4.69. The fourth-order valence-electron chi connectivity index (χ4n) is 11.2. The van der Waals surface area contributed by atoms with Crippen molar-refractivity contribution in [1.82, 2.24) is 18.8 Å². The Kier molecular flexibility index (Phi) is 7.13. The van der Waals surface area contributed by atoms with E-state index in [4.69, 9.17) is 9.97 Å². The molecule has 5 heterocycles. The summed E-state index contributed by atoms with van der Waals surface area (Å²) in [6.07, 6.45) is 0. The van der Waals surface area contributed by atoms with E-state index < -0.39 is 0 Å². The lowest BCUT2D eigenvalue weighted by molar-refractivity contribution is 1.23. The second-order valence-corrected chi connectivity index (χ2v) is 17.3. The Hall–Kier alpha value is -9.00. The van der Waals surface area contributed by atoms with Crippen LogP contribution in [0.4, 0.5) is 34.1 Å². The Balaban J connectivity index is 1.13. The van der Waals surface area contributed by atoms with Crippen molar-refractivity contribution in [3.8, 4) is 0 Å². The number of benzene rings is 10. The minimum absolute atomic E-state index is 0.848. The molecule has 5 aromatic heterocycles. The van der Waals surface area contributed by atoms with Gasteiger partial charge < -0.3 is 9.80 Å². The fraction of sp³-hybridized carbons (Fsp3) is 0. The molecule has 0 saturated carbocycles. The first-order valence-electron chi connectivity index (χ1n) is 22.5. The van der Waals surface area contributed by atoms with E-state index in [2.05, 4.69) is 237 Å². The number of anilines is 6. The number of nitrogens with zero attached hydrogens (tertiary/aromatic N) is 6. The summed E-state index contributed by atoms with van der Waals surface area (Å²) in [5.74, 6) is 0. The smallest absolute Gasteiger partial charge is 0.165 e. The number of aromatic nitrogens is 4. The van der Waals surface area contributed by atoms with E-state index >= 15 is 0 Å². The molecule has 0 bridgehead atoms. The molecule has 0 aliphatic carbocycles. The summed E-state index contributed by atoms with van der Waals surface area (Å²) >= 11 is 0. The Labute approximate surface area is 377 Å². The Morgan fingerprint density at radius 2 is 0.591 bits per heavy atom. The Morgan fingerprint density at radius 3 is 0.970 bits per heavy atom. The van der Waals surface area contributed by atoms with Gasteiger partial charge in [0, 0.05) is 65.8 Å². The average Bonchev–Trinajstić information content (AvgIpc) is 4.10. The Bertz CT molecular complexity index is 4020. The zero-order valence-electron chi connectivity index (χ0n) is 35.5. The number of hydrogen-bond donors (Lipinski definition) is 0. The van der Waals surface area contributed by atoms with E-state index in [1.165, 1.54) is 32.3 Å². The van der Waals surface area contributed by atoms with E-state index in [0.717, 1.165) is 100 Å². The number of hydrogen-bond acceptors (Lipinski definition) is 4. The van der Waals surface area contributed by atoms with Gasteiger partial charge in [0.25, 0.3) is 0 Å². The van der Waals surface area contributed by atoms with Gasteiger partial charge in [0.2, 0.25) is 0 Å². The minimum atomic E-state index is 0.848. The molecular weight excluding hydrogens is 805 g/mol. The molecule has 6 nitrogen and oxygen atoms in total. The van der Waals surface area contributed by atoms with Gasteiger partial charge in [-0.1, -0.05) is 158 Å². The summed E-state index contributed by atoms with van der Waals surface area (Å²) in [6.45, 7) is 0. The predicted octanol–water partition coefficient (Wildman–Crippen LogP) is 16.0. The van der Waals surface area contributed by atoms with Gasteiger partial charge >= 0.3 is 0 Å². The van der Waals surface area contributed by atoms with Crippen LogP contribution in [-0.2, 0) is 0 Å². The van der Waals surface area contributed by atoms with Crippen LogP contribution in [0.2, 0.25) is 0 Å². The van der Waals surface area contributed by atoms with E-state index in [1.54, 1.807) is 0 Å². The molecule has 0 aliphatic heterocycles. The molecule has 15 rings (SSSR count). The second kappa shape index (κ2) is 13.3. The lowest BCUT2D eigenvalue weighted by atomic mass is 10.0. The molecule has 0 unspecified atom stereocenters. The van der Waals surface area contributed by atoms with Crippen molar-refractivity contribution in [2.45, 2.75) is 0 Å². The third-order valence-electron chi connectivity index (χ3n) is 13.8. The first kappa shape index (κ1) is 35.5. The van der Waals surface area contributed by atoms with Crippen molar-refractivity contribution >= 4 is 132 Å². The lowest BCUT2D eigenvalue weighted by Crippen LogP contribution is -2.11. The van der Waals surface area contributed by atoms with Crippen LogP contribution in [0.15, 0.2) is 218 Å². The highest BCUT2D eigenvalue weighted by Gasteiger charge is 2.30. The zero-order valence-corrected chi connectivity index (χ0v) is 35.5. The molecule has 6 heteroatoms. The molecule has 0 radical (unpaired) electrons. The topological polar surface area (TPSA) is 41.1 Å². The highest BCUT2D eigenvalue weighted by Crippen LogP contribution is 2.51. The maximum absolute atomic E-state index is 5.84. The standard InChI is InChI=1S/C60H36N6/c1-5-21-39(22-6-1)63(40-23-7-2-8-24-40)55-43-29-15-13-19-37(43)35-49-45-31-17-33-47-51-59(65(53(45)47)57(49)55)61-52-48-34-18-32-46-50-36-38-20-14-16-30-44(38)56(58(50)66(54(46)48)60(52)62-51)64(41-25-9-3-10-26-41)42-27-11-4-12-28-42/h1-36H. The summed E-state index contributed by atoms with van der Waals surface area (Å²) in [6, 6.07) is 78.6. The van der Waals surface area contributed by atoms with E-state index in [0.29, 0.717) is 0 Å². The first-order valence-corrected chi connectivity index (χ1v) is 22.5. The summed E-state index contributed by atoms with van der Waals surface area (Å²) in [4.78, 5) is 16.5. The zero-order chi connectivity index (χ0) is 43.0. The lowest BCUT2D eigenvalue weighted by Gasteiger charge is -2.28. The first-order chi connectivity index (χ1) is 32.8. The van der Waals surface area contributed by atoms with Crippen LogP contribution < -0.4 is 9.80 Å². The van der Waals surface area contributed by atoms with Crippen LogP contribution in [0.5, 0.6) is 0 Å². The van der Waals surface area contributed by atoms with Crippen molar-refractivity contribution in [2.75, 3.05) is 9.80 Å². The minimum Gasteiger partial charge on any atom is -0.308 e. The van der Waals surface area contributed by atoms with E-state index in [1.807, 2.05) is 0 Å². The van der Waals surface area contributed by atoms with Gasteiger partial charge in [-0.05, 0) is 71.4 Å². The van der Waals surface area contributed by atoms with Gasteiger partial charge in [-0.15, -0.1) is 0 Å². The highest BCUT2D eigenvalue weighted by molar-refractivity contribution is 6.31. The molecule has 0 saturated heterocycles. The maximum Gasteiger partial charge on any atom is 0.165 e. The van der Waals surface area contributed by atoms with Crippen LogP contribution >= 0.6 is 0 Å². The monoisotopic (exact) mass is 840 g/mol. The number of fused-ring (bicyclic) bond motifs is 14. The maximum atomic E-state index is 5.84. The van der Waals surface area contributed by atoms with Crippen molar-refractivity contribution in [3.05, 3.63) is 218 Å². The highest BCUT2D eigenvalue weighted by atomic mass is 15.2. The molecule has 0 aliphatic rings. The Morgan fingerprint density at radius 1 is 0.273 bits per heavy atom. The summed E-state index contributed by atoms with van der Waals surface area (Å²) in [5, 5.41) is 11.6. The molecule has 15 aromatic rings. The molecule has 0 atom stereocenters. The third-order valence-corrected chi connectivity index (χ3v) is 13.8. The average molecular weight is 841 g/mol. The van der Waals surface area contributed by atoms with Crippen LogP contribution in [0.3, 0.4) is 0 Å². The summed E-state index contributed by atoms with van der Waals surface area (Å²) in [7, 11) is 0. The molecule has 10 aromatic carbocycles. The molecule has 0 amide bonds. The largest absolute Gasteiger partial charge is 0.308 e. The molecule has 0 N–H and O–H groups in total. The molecular formula is C60H36N6. The number of rotatable bonds is 6. The van der Waals surface area contributed by atoms with Gasteiger partial charge in [-0.2, -0.15) is 0 Å². The van der Waals surface area contributed by atoms with Crippen LogP contribution in [0.25, 0.3) is 98.3 Å². The van der Waals surface area contributed by atoms with Gasteiger partial charge in [-0.3, -0.25) is 8.80 Å². The van der Waals surface area contributed by atoms with Gasteiger partial charge in [0.1, 0.15) is 11.0 Å². The van der Waals surface area contributed by atoms with Gasteiger partial charge in [0.05, 0.1) is 33.4 Å². The van der Waals surface area contributed by atoms with Crippen molar-refractivity contribution in [2.24, 2.45) is 0 Å². The normalized spacial score (nSPS) is 12.2. The molecule has 0 fully saturated rings. The van der Waals surface area contributed by atoms with Gasteiger partial charge in [0.15, 0.2) is 11.3 Å². The number of para-hydroxylation sites is 6. The SMILES string of the molecule is c1ccc(N(c2ccccc2)c2c3ccccc3cc3c4cccc5c6nc7c(nc6n(c23)c45)c2cccc3c4cc5ccccc5c(N(c5ccccc5)c5ccccc5)c4n7c32)cc1. The summed E-state index contributed by atoms with van der Waals surface area (Å²) < 4.78 is 4.83. The molecule has 66 heavy (non-hydrogen) atoms. The quantitative estimate of drug-likeness (QED) is 0.167. The second-order valence-electron chi connectivity index (χ2n) is 17.3. The molecule has 0 spiro atoms. The predicted molar refractivity (Wildman–Crippen MR) is 276 cm³/mol. The van der Waals surface area contributed by atoms with Crippen LogP contribution in [-0.4, -0.2) is 18.8 Å². The molecule has 306 valence electrons. The fourth-order valence-corrected chi connectivity index (χ4v) is 11.2. The van der Waals surface area contributed by atoms with Crippen molar-refractivity contribution in [3.63, 3.8) is 0 Å². The van der Waals surface area contributed by atoms with Crippen LogP contribution in [0.1, 0.15) is 0 Å².